The van der Waals surface area contributed by atoms with Gasteiger partial charge >= 0.3 is 0 Å². The van der Waals surface area contributed by atoms with Crippen molar-refractivity contribution in [1.82, 2.24) is 14.8 Å². The summed E-state index contributed by atoms with van der Waals surface area (Å²) in [4.78, 5) is 4.16. The molecular weight excluding hydrogens is 188 g/mol. The van der Waals surface area contributed by atoms with E-state index in [1.807, 2.05) is 25.2 Å². The highest BCUT2D eigenvalue weighted by Gasteiger charge is 1.98. The minimum atomic E-state index is 0.872. The van der Waals surface area contributed by atoms with E-state index < -0.39 is 0 Å². The third kappa shape index (κ3) is 2.56. The number of nitrogens with zero attached hydrogens (tertiary/aromatic N) is 3. The molecule has 0 amide bonds. The van der Waals surface area contributed by atoms with Crippen LogP contribution in [-0.4, -0.2) is 21.3 Å². The molecule has 0 radical (unpaired) electrons. The van der Waals surface area contributed by atoms with Crippen molar-refractivity contribution in [2.45, 2.75) is 6.42 Å². The van der Waals surface area contributed by atoms with Gasteiger partial charge in [-0.05, 0) is 12.1 Å². The second-order valence-electron chi connectivity index (χ2n) is 3.34. The van der Waals surface area contributed by atoms with Gasteiger partial charge in [0, 0.05) is 25.7 Å². The number of anilines is 1. The molecule has 0 atom stereocenters. The molecule has 0 bridgehead atoms. The predicted octanol–water partition coefficient (Wildman–Crippen LogP) is 1.47. The zero-order valence-electron chi connectivity index (χ0n) is 8.72. The molecule has 0 aliphatic carbocycles. The fraction of sp³-hybridized carbons (Fsp3) is 0.273. The van der Waals surface area contributed by atoms with Crippen LogP contribution in [0.15, 0.2) is 36.7 Å². The Kier molecular flexibility index (Phi) is 2.97. The van der Waals surface area contributed by atoms with Crippen molar-refractivity contribution in [3.8, 4) is 0 Å². The molecule has 1 heterocycles. The van der Waals surface area contributed by atoms with E-state index >= 15 is 0 Å². The Morgan fingerprint density at radius 1 is 1.27 bits per heavy atom. The van der Waals surface area contributed by atoms with Gasteiger partial charge in [-0.2, -0.15) is 5.10 Å². The number of nitrogens with one attached hydrogen (secondary N) is 1. The molecule has 0 fully saturated rings. The van der Waals surface area contributed by atoms with Gasteiger partial charge in [-0.25, -0.2) is 4.98 Å². The highest BCUT2D eigenvalue weighted by atomic mass is 15.3. The summed E-state index contributed by atoms with van der Waals surface area (Å²) in [6.45, 7) is 0.872. The van der Waals surface area contributed by atoms with Crippen LogP contribution in [0.5, 0.6) is 0 Å². The van der Waals surface area contributed by atoms with E-state index in [0.29, 0.717) is 0 Å². The van der Waals surface area contributed by atoms with E-state index in [4.69, 9.17) is 0 Å². The Labute approximate surface area is 89.0 Å². The summed E-state index contributed by atoms with van der Waals surface area (Å²) in [5.74, 6) is 0.999. The topological polar surface area (TPSA) is 42.7 Å². The Morgan fingerprint density at radius 3 is 2.73 bits per heavy atom. The lowest BCUT2D eigenvalue weighted by molar-refractivity contribution is 0.701. The van der Waals surface area contributed by atoms with Crippen molar-refractivity contribution < 1.29 is 0 Å². The summed E-state index contributed by atoms with van der Waals surface area (Å²) in [7, 11) is 1.91. The Hall–Kier alpha value is -1.84. The molecule has 1 N–H and O–H groups in total. The summed E-state index contributed by atoms with van der Waals surface area (Å²) in [6, 6.07) is 10.1. The van der Waals surface area contributed by atoms with Gasteiger partial charge in [0.2, 0.25) is 0 Å². The number of hydrogen-bond acceptors (Lipinski definition) is 3. The zero-order chi connectivity index (χ0) is 10.5. The highest BCUT2D eigenvalue weighted by Crippen LogP contribution is 2.04. The average molecular weight is 202 g/mol. The van der Waals surface area contributed by atoms with Gasteiger partial charge < -0.3 is 5.32 Å². The molecule has 1 aromatic carbocycles. The molecule has 15 heavy (non-hydrogen) atoms. The third-order valence-electron chi connectivity index (χ3n) is 2.26. The van der Waals surface area contributed by atoms with Crippen molar-refractivity contribution in [2.75, 3.05) is 11.9 Å². The highest BCUT2D eigenvalue weighted by molar-refractivity contribution is 5.42. The second-order valence-corrected chi connectivity index (χ2v) is 3.34. The van der Waals surface area contributed by atoms with Crippen LogP contribution in [-0.2, 0) is 13.5 Å². The van der Waals surface area contributed by atoms with Crippen molar-refractivity contribution in [2.24, 2.45) is 7.05 Å². The monoisotopic (exact) mass is 202 g/mol. The van der Waals surface area contributed by atoms with Crippen LogP contribution in [0.2, 0.25) is 0 Å². The fourth-order valence-electron chi connectivity index (χ4n) is 1.42. The van der Waals surface area contributed by atoms with Crippen molar-refractivity contribution in [1.29, 1.82) is 0 Å². The lowest BCUT2D eigenvalue weighted by Gasteiger charge is -2.05. The summed E-state index contributed by atoms with van der Waals surface area (Å²) in [5.41, 5.74) is 1.14. The lowest BCUT2D eigenvalue weighted by Crippen LogP contribution is -2.09. The minimum Gasteiger partial charge on any atom is -0.385 e. The van der Waals surface area contributed by atoms with Crippen molar-refractivity contribution >= 4 is 5.69 Å². The predicted molar refractivity (Wildman–Crippen MR) is 59.6 cm³/mol. The summed E-state index contributed by atoms with van der Waals surface area (Å²) < 4.78 is 1.80. The number of benzene rings is 1. The maximum absolute atomic E-state index is 4.16. The smallest absolute Gasteiger partial charge is 0.138 e. The maximum Gasteiger partial charge on any atom is 0.138 e. The van der Waals surface area contributed by atoms with Gasteiger partial charge in [-0.15, -0.1) is 0 Å². The molecule has 4 heteroatoms. The minimum absolute atomic E-state index is 0.872. The normalized spacial score (nSPS) is 10.2. The molecule has 2 aromatic rings. The van der Waals surface area contributed by atoms with Crippen LogP contribution in [0.1, 0.15) is 5.82 Å². The second kappa shape index (κ2) is 4.59. The van der Waals surface area contributed by atoms with E-state index in [0.717, 1.165) is 24.5 Å². The Balaban J connectivity index is 1.83. The van der Waals surface area contributed by atoms with Crippen LogP contribution < -0.4 is 5.32 Å². The SMILES string of the molecule is Cn1ncnc1CCNc1ccccc1. The third-order valence-corrected chi connectivity index (χ3v) is 2.26. The molecule has 0 aliphatic rings. The van der Waals surface area contributed by atoms with Crippen LogP contribution in [0, 0.1) is 0 Å². The zero-order valence-corrected chi connectivity index (χ0v) is 8.72. The number of para-hydroxylation sites is 1. The van der Waals surface area contributed by atoms with E-state index in [1.54, 1.807) is 11.0 Å². The van der Waals surface area contributed by atoms with Crippen molar-refractivity contribution in [3.63, 3.8) is 0 Å². The first-order valence-corrected chi connectivity index (χ1v) is 4.98. The Morgan fingerprint density at radius 2 is 2.07 bits per heavy atom. The van der Waals surface area contributed by atoms with Crippen LogP contribution in [0.4, 0.5) is 5.69 Å². The first-order chi connectivity index (χ1) is 7.36. The molecule has 0 saturated carbocycles. The van der Waals surface area contributed by atoms with Gasteiger partial charge in [0.1, 0.15) is 12.2 Å². The largest absolute Gasteiger partial charge is 0.385 e. The number of rotatable bonds is 4. The van der Waals surface area contributed by atoms with Gasteiger partial charge in [0.25, 0.3) is 0 Å². The van der Waals surface area contributed by atoms with Gasteiger partial charge in [0.05, 0.1) is 0 Å². The van der Waals surface area contributed by atoms with Crippen molar-refractivity contribution in [3.05, 3.63) is 42.5 Å². The first-order valence-electron chi connectivity index (χ1n) is 4.98. The fourth-order valence-corrected chi connectivity index (χ4v) is 1.42. The Bertz CT molecular complexity index is 408. The molecule has 0 unspecified atom stereocenters. The van der Waals surface area contributed by atoms with E-state index in [9.17, 15) is 0 Å². The van der Waals surface area contributed by atoms with E-state index in [1.165, 1.54) is 0 Å². The molecule has 0 spiro atoms. The summed E-state index contributed by atoms with van der Waals surface area (Å²) in [5, 5.41) is 7.35. The molecule has 1 aromatic heterocycles. The van der Waals surface area contributed by atoms with Crippen LogP contribution >= 0.6 is 0 Å². The van der Waals surface area contributed by atoms with E-state index in [2.05, 4.69) is 27.5 Å². The van der Waals surface area contributed by atoms with Gasteiger partial charge in [-0.1, -0.05) is 18.2 Å². The number of aromatic nitrogens is 3. The van der Waals surface area contributed by atoms with Gasteiger partial charge in [-0.3, -0.25) is 4.68 Å². The summed E-state index contributed by atoms with van der Waals surface area (Å²) >= 11 is 0. The average Bonchev–Trinajstić information content (AvgIpc) is 2.66. The van der Waals surface area contributed by atoms with Gasteiger partial charge in [0.15, 0.2) is 0 Å². The molecule has 78 valence electrons. The molecular formula is C11H14N4. The quantitative estimate of drug-likeness (QED) is 0.816. The van der Waals surface area contributed by atoms with Crippen LogP contribution in [0.3, 0.4) is 0 Å². The number of aryl methyl sites for hydroxylation is 1. The lowest BCUT2D eigenvalue weighted by atomic mass is 10.3. The molecule has 2 rings (SSSR count). The number of hydrogen-bond donors (Lipinski definition) is 1. The first kappa shape index (κ1) is 9.71. The standard InChI is InChI=1S/C11H14N4/c1-15-11(13-9-14-15)7-8-12-10-5-3-2-4-6-10/h2-6,9,12H,7-8H2,1H3. The molecule has 0 aliphatic heterocycles. The molecule has 0 saturated heterocycles. The summed E-state index contributed by atoms with van der Waals surface area (Å²) in [6.07, 6.45) is 2.46. The van der Waals surface area contributed by atoms with Crippen LogP contribution in [0.25, 0.3) is 0 Å². The van der Waals surface area contributed by atoms with E-state index in [-0.39, 0.29) is 0 Å². The maximum atomic E-state index is 4.16. The molecule has 4 nitrogen and oxygen atoms in total.